The Hall–Kier alpha value is -4.35. The molecule has 0 radical (unpaired) electrons. The van der Waals surface area contributed by atoms with E-state index < -0.39 is 5.97 Å². The predicted molar refractivity (Wildman–Crippen MR) is 171 cm³/mol. The van der Waals surface area contributed by atoms with Crippen molar-refractivity contribution in [1.82, 2.24) is 0 Å². The van der Waals surface area contributed by atoms with Gasteiger partial charge in [-0.25, -0.2) is 4.79 Å². The van der Waals surface area contributed by atoms with Gasteiger partial charge >= 0.3 is 5.97 Å². The van der Waals surface area contributed by atoms with Crippen molar-refractivity contribution in [2.75, 3.05) is 39.8 Å². The first-order valence-corrected chi connectivity index (χ1v) is 15.1. The summed E-state index contributed by atoms with van der Waals surface area (Å²) in [6, 6.07) is 23.3. The van der Waals surface area contributed by atoms with E-state index in [1.807, 2.05) is 71.6 Å². The van der Waals surface area contributed by atoms with Crippen LogP contribution in [-0.4, -0.2) is 40.9 Å². The Kier molecular flexibility index (Phi) is 8.58. The van der Waals surface area contributed by atoms with Gasteiger partial charge in [-0.2, -0.15) is 0 Å². The van der Waals surface area contributed by atoms with Gasteiger partial charge < -0.3 is 38.1 Å². The molecule has 0 aromatic heterocycles. The third-order valence-corrected chi connectivity index (χ3v) is 8.34. The van der Waals surface area contributed by atoms with Gasteiger partial charge in [0.2, 0.25) is 25.1 Å². The van der Waals surface area contributed by atoms with E-state index >= 15 is 0 Å². The average molecular weight is 725 g/mol. The number of hydrogen-bond donors (Lipinski definition) is 0. The van der Waals surface area contributed by atoms with Crippen LogP contribution in [0.1, 0.15) is 16.7 Å². The van der Waals surface area contributed by atoms with Crippen molar-refractivity contribution in [3.8, 4) is 34.5 Å². The summed E-state index contributed by atoms with van der Waals surface area (Å²) < 4.78 is 39.3. The van der Waals surface area contributed by atoms with Crippen molar-refractivity contribution >= 4 is 49.1 Å². The second-order valence-corrected chi connectivity index (χ2v) is 11.4. The molecule has 4 aromatic rings. The molecule has 0 fully saturated rings. The third kappa shape index (κ3) is 5.53. The summed E-state index contributed by atoms with van der Waals surface area (Å²) in [7, 11) is 4.58. The molecule has 0 spiro atoms. The highest BCUT2D eigenvalue weighted by Crippen LogP contribution is 2.47. The molecular weight excluding hydrogens is 698 g/mol. The fourth-order valence-corrected chi connectivity index (χ4v) is 6.18. The fourth-order valence-electron chi connectivity index (χ4n) is 5.26. The van der Waals surface area contributed by atoms with Crippen LogP contribution in [0.3, 0.4) is 0 Å². The first kappa shape index (κ1) is 29.7. The molecule has 3 aliphatic heterocycles. The minimum absolute atomic E-state index is 0.123. The van der Waals surface area contributed by atoms with E-state index in [4.69, 9.17) is 33.2 Å². The van der Waals surface area contributed by atoms with Crippen LogP contribution in [0, 0.1) is 0 Å². The molecule has 226 valence electrons. The molecule has 0 aliphatic carbocycles. The number of nitrogens with zero attached hydrogens (tertiary/aromatic N) is 1. The highest BCUT2D eigenvalue weighted by molar-refractivity contribution is 9.10. The number of para-hydroxylation sites is 1. The molecule has 4 aromatic carbocycles. The van der Waals surface area contributed by atoms with Crippen LogP contribution in [0.5, 0.6) is 34.5 Å². The molecule has 3 heterocycles. The molecule has 0 N–H and O–H groups in total. The number of halogens is 2. The van der Waals surface area contributed by atoms with E-state index in [1.165, 1.54) is 7.11 Å². The predicted octanol–water partition coefficient (Wildman–Crippen LogP) is 7.33. The lowest BCUT2D eigenvalue weighted by atomic mass is 9.87. The molecule has 0 unspecified atom stereocenters. The molecule has 7 rings (SSSR count). The Morgan fingerprint density at radius 2 is 1.41 bits per heavy atom. The molecule has 9 nitrogen and oxygen atoms in total. The normalized spacial score (nSPS) is 14.0. The van der Waals surface area contributed by atoms with Crippen molar-refractivity contribution in [2.24, 2.45) is 0 Å². The van der Waals surface area contributed by atoms with E-state index in [9.17, 15) is 4.79 Å². The van der Waals surface area contributed by atoms with Gasteiger partial charge in [-0.05, 0) is 69.0 Å². The topological polar surface area (TPSA) is 84.9 Å². The van der Waals surface area contributed by atoms with Crippen LogP contribution >= 0.6 is 31.9 Å². The second-order valence-electron chi connectivity index (χ2n) is 9.66. The SMILES string of the molecule is COC(=O)C1=C(c2cc(OC)c3c(c2)OCO3)c2ccccc2CN1c1ccccc1Br.COc1cc(Br)cc2c1OCO2. The maximum Gasteiger partial charge on any atom is 0.355 e. The Balaban J connectivity index is 0.000000238. The largest absolute Gasteiger partial charge is 0.493 e. The number of hydrogen-bond acceptors (Lipinski definition) is 9. The van der Waals surface area contributed by atoms with Crippen LogP contribution in [0.4, 0.5) is 5.69 Å². The van der Waals surface area contributed by atoms with Crippen molar-refractivity contribution in [3.63, 3.8) is 0 Å². The summed E-state index contributed by atoms with van der Waals surface area (Å²) in [5, 5.41) is 0. The van der Waals surface area contributed by atoms with Gasteiger partial charge in [0.05, 0.1) is 27.0 Å². The highest BCUT2D eigenvalue weighted by Gasteiger charge is 2.34. The summed E-state index contributed by atoms with van der Waals surface area (Å²) in [4.78, 5) is 15.2. The minimum Gasteiger partial charge on any atom is -0.493 e. The third-order valence-electron chi connectivity index (χ3n) is 7.21. The number of methoxy groups -OCH3 is 3. The molecular formula is C33H27Br2NO8. The van der Waals surface area contributed by atoms with Crippen molar-refractivity contribution in [3.05, 3.63) is 104 Å². The lowest BCUT2D eigenvalue weighted by Crippen LogP contribution is -2.33. The molecule has 44 heavy (non-hydrogen) atoms. The second kappa shape index (κ2) is 12.7. The zero-order valence-corrected chi connectivity index (χ0v) is 27.2. The molecule has 0 bridgehead atoms. The smallest absolute Gasteiger partial charge is 0.355 e. The van der Waals surface area contributed by atoms with Crippen LogP contribution in [0.2, 0.25) is 0 Å². The van der Waals surface area contributed by atoms with Gasteiger partial charge in [-0.15, -0.1) is 0 Å². The Morgan fingerprint density at radius 3 is 2.09 bits per heavy atom. The van der Waals surface area contributed by atoms with Crippen molar-refractivity contribution in [2.45, 2.75) is 6.54 Å². The molecule has 0 atom stereocenters. The quantitative estimate of drug-likeness (QED) is 0.197. The standard InChI is InChI=1S/C25H20BrNO5.C8H7BrO3/c1-29-20-11-16(12-21-24(20)32-14-31-21)22-17-8-4-3-7-15(17)13-27(23(22)25(28)30-2)19-10-6-5-9-18(19)26;1-10-6-2-5(9)3-7-8(6)12-4-11-7/h3-12H,13-14H2,1-2H3;2-3H,4H2,1H3. The van der Waals surface area contributed by atoms with Crippen molar-refractivity contribution in [1.29, 1.82) is 0 Å². The number of carbonyl (C=O) groups excluding carboxylic acids is 1. The summed E-state index contributed by atoms with van der Waals surface area (Å²) in [6.07, 6.45) is 0. The highest BCUT2D eigenvalue weighted by atomic mass is 79.9. The molecule has 0 amide bonds. The van der Waals surface area contributed by atoms with Crippen LogP contribution in [0.15, 0.2) is 87.4 Å². The summed E-state index contributed by atoms with van der Waals surface area (Å²) in [5.74, 6) is 3.35. The monoisotopic (exact) mass is 723 g/mol. The lowest BCUT2D eigenvalue weighted by molar-refractivity contribution is -0.136. The molecule has 0 saturated heterocycles. The maximum absolute atomic E-state index is 13.2. The summed E-state index contributed by atoms with van der Waals surface area (Å²) in [6.45, 7) is 0.911. The Bertz CT molecular complexity index is 1770. The zero-order chi connectivity index (χ0) is 30.8. The number of rotatable bonds is 5. The lowest BCUT2D eigenvalue weighted by Gasteiger charge is -2.34. The van der Waals surface area contributed by atoms with Crippen molar-refractivity contribution < 1.29 is 38.0 Å². The molecule has 3 aliphatic rings. The minimum atomic E-state index is -0.429. The number of benzene rings is 4. The number of ether oxygens (including phenoxy) is 7. The Morgan fingerprint density at radius 1 is 0.773 bits per heavy atom. The first-order chi connectivity index (χ1) is 21.4. The number of fused-ring (bicyclic) bond motifs is 3. The van der Waals surface area contributed by atoms with Gasteiger partial charge in [0.15, 0.2) is 23.0 Å². The van der Waals surface area contributed by atoms with E-state index in [1.54, 1.807) is 14.2 Å². The first-order valence-electron chi connectivity index (χ1n) is 13.5. The number of anilines is 1. The zero-order valence-electron chi connectivity index (χ0n) is 24.0. The summed E-state index contributed by atoms with van der Waals surface area (Å²) in [5.41, 5.74) is 4.87. The van der Waals surface area contributed by atoms with Crippen LogP contribution < -0.4 is 33.3 Å². The van der Waals surface area contributed by atoms with E-state index in [0.29, 0.717) is 41.0 Å². The van der Waals surface area contributed by atoms with E-state index in [0.717, 1.165) is 42.6 Å². The van der Waals surface area contributed by atoms with Gasteiger partial charge in [-0.3, -0.25) is 0 Å². The van der Waals surface area contributed by atoms with Gasteiger partial charge in [0.25, 0.3) is 0 Å². The van der Waals surface area contributed by atoms with Gasteiger partial charge in [0.1, 0.15) is 5.70 Å². The fraction of sp³-hybridized carbons (Fsp3) is 0.182. The number of esters is 1. The Labute approximate surface area is 271 Å². The average Bonchev–Trinajstić information content (AvgIpc) is 3.73. The van der Waals surface area contributed by atoms with Gasteiger partial charge in [-0.1, -0.05) is 52.3 Å². The number of carbonyl (C=O) groups is 1. The van der Waals surface area contributed by atoms with Gasteiger partial charge in [0, 0.05) is 21.1 Å². The summed E-state index contributed by atoms with van der Waals surface area (Å²) >= 11 is 6.98. The van der Waals surface area contributed by atoms with E-state index in [2.05, 4.69) is 37.9 Å². The maximum atomic E-state index is 13.2. The van der Waals surface area contributed by atoms with Crippen LogP contribution in [0.25, 0.3) is 5.57 Å². The van der Waals surface area contributed by atoms with Crippen LogP contribution in [-0.2, 0) is 16.1 Å². The molecule has 11 heteroatoms. The molecule has 0 saturated carbocycles. The van der Waals surface area contributed by atoms with E-state index in [-0.39, 0.29) is 13.6 Å².